The van der Waals surface area contributed by atoms with Crippen LogP contribution in [-0.2, 0) is 0 Å². The summed E-state index contributed by atoms with van der Waals surface area (Å²) in [6, 6.07) is 7.08. The second kappa shape index (κ2) is 5.32. The number of carbonyl (C=O) groups excluding carboxylic acids is 1. The third kappa shape index (κ3) is 4.48. The van der Waals surface area contributed by atoms with E-state index in [-0.39, 0.29) is 24.0 Å². The quantitative estimate of drug-likeness (QED) is 0.499. The Bertz CT molecular complexity index is 347. The first-order chi connectivity index (χ1) is 6.39. The van der Waals surface area contributed by atoms with Crippen molar-refractivity contribution < 1.29 is 28.8 Å². The Morgan fingerprint density at radius 2 is 1.93 bits per heavy atom. The van der Waals surface area contributed by atoms with Gasteiger partial charge in [0.15, 0.2) is 0 Å². The van der Waals surface area contributed by atoms with E-state index in [1.54, 1.807) is 0 Å². The van der Waals surface area contributed by atoms with Crippen LogP contribution < -0.4 is 39.5 Å². The molecule has 0 heterocycles. The number of quaternary nitrogens is 1. The third-order valence-electron chi connectivity index (χ3n) is 1.89. The zero-order valence-corrected chi connectivity index (χ0v) is 11.3. The van der Waals surface area contributed by atoms with E-state index in [4.69, 9.17) is 5.73 Å². The summed E-state index contributed by atoms with van der Waals surface area (Å²) >= 11 is 0. The monoisotopic (exact) mass is 321 g/mol. The van der Waals surface area contributed by atoms with Crippen LogP contribution in [0.2, 0.25) is 0 Å². The first-order valence-electron chi connectivity index (χ1n) is 4.38. The number of hydrogen-bond donors (Lipinski definition) is 2. The minimum atomic E-state index is -0.538. The molecule has 1 aromatic carbocycles. The summed E-state index contributed by atoms with van der Waals surface area (Å²) in [6.45, 7) is 0. The van der Waals surface area contributed by atoms with Crippen molar-refractivity contribution >= 4 is 17.4 Å². The van der Waals surface area contributed by atoms with Crippen LogP contribution in [0.5, 0.6) is 0 Å². The Morgan fingerprint density at radius 3 is 2.40 bits per heavy atom. The Hall–Kier alpha value is -0.820. The molecule has 0 bridgehead atoms. The van der Waals surface area contributed by atoms with Crippen molar-refractivity contribution in [3.8, 4) is 0 Å². The summed E-state index contributed by atoms with van der Waals surface area (Å²) in [7, 11) is 6.18. The maximum absolute atomic E-state index is 10.6. The Kier molecular flexibility index (Phi) is 5.02. The van der Waals surface area contributed by atoms with Gasteiger partial charge in [-0.3, -0.25) is 4.48 Å². The molecule has 0 radical (unpaired) electrons. The molecule has 1 rings (SSSR count). The predicted octanol–water partition coefficient (Wildman–Crippen LogP) is -1.62. The second-order valence-electron chi connectivity index (χ2n) is 4.05. The highest BCUT2D eigenvalue weighted by Gasteiger charge is 2.12. The van der Waals surface area contributed by atoms with E-state index in [1.165, 1.54) is 0 Å². The van der Waals surface area contributed by atoms with Crippen molar-refractivity contribution in [2.45, 2.75) is 0 Å². The van der Waals surface area contributed by atoms with Gasteiger partial charge in [0.1, 0.15) is 5.69 Å². The van der Waals surface area contributed by atoms with Gasteiger partial charge < -0.3 is 35.0 Å². The fourth-order valence-corrected chi connectivity index (χ4v) is 1.14. The number of anilines is 1. The van der Waals surface area contributed by atoms with Crippen molar-refractivity contribution in [1.29, 1.82) is 0 Å². The van der Waals surface area contributed by atoms with Gasteiger partial charge in [0.05, 0.1) is 21.1 Å². The van der Waals surface area contributed by atoms with Crippen LogP contribution in [0.4, 0.5) is 16.2 Å². The molecule has 0 aromatic heterocycles. The number of nitrogens with zero attached hydrogens (tertiary/aromatic N) is 1. The van der Waals surface area contributed by atoms with Gasteiger partial charge in [0.2, 0.25) is 0 Å². The number of halogens is 1. The fourth-order valence-electron chi connectivity index (χ4n) is 1.14. The molecule has 5 heteroatoms. The molecule has 3 N–H and O–H groups in total. The van der Waals surface area contributed by atoms with Gasteiger partial charge in [-0.15, -0.1) is 0 Å². The number of nitrogens with two attached hydrogens (primary N) is 1. The zero-order valence-electron chi connectivity index (χ0n) is 9.12. The van der Waals surface area contributed by atoms with Crippen LogP contribution in [0.25, 0.3) is 0 Å². The van der Waals surface area contributed by atoms with E-state index in [0.29, 0.717) is 4.48 Å². The average molecular weight is 321 g/mol. The number of urea groups is 1. The van der Waals surface area contributed by atoms with E-state index in [0.717, 1.165) is 11.4 Å². The van der Waals surface area contributed by atoms with E-state index < -0.39 is 6.03 Å². The Labute approximate surface area is 107 Å². The number of nitrogens with one attached hydrogen (secondary N) is 1. The van der Waals surface area contributed by atoms with Crippen molar-refractivity contribution in [2.24, 2.45) is 5.73 Å². The van der Waals surface area contributed by atoms with Gasteiger partial charge >= 0.3 is 6.03 Å². The molecule has 2 amide bonds. The largest absolute Gasteiger partial charge is 1.00 e. The molecule has 0 spiro atoms. The summed E-state index contributed by atoms with van der Waals surface area (Å²) < 4.78 is 0.703. The maximum atomic E-state index is 10.6. The first-order valence-corrected chi connectivity index (χ1v) is 4.38. The summed E-state index contributed by atoms with van der Waals surface area (Å²) in [5.41, 5.74) is 6.86. The molecular formula is C10H16IN3O. The van der Waals surface area contributed by atoms with E-state index >= 15 is 0 Å². The third-order valence-corrected chi connectivity index (χ3v) is 1.89. The van der Waals surface area contributed by atoms with E-state index in [2.05, 4.69) is 26.5 Å². The topological polar surface area (TPSA) is 55.1 Å². The molecular weight excluding hydrogens is 305 g/mol. The number of carbonyl (C=O) groups is 1. The molecule has 0 aliphatic heterocycles. The minimum Gasteiger partial charge on any atom is -1.00 e. The number of amides is 2. The van der Waals surface area contributed by atoms with Crippen molar-refractivity contribution in [3.63, 3.8) is 0 Å². The maximum Gasteiger partial charge on any atom is 0.316 e. The number of benzene rings is 1. The smallest absolute Gasteiger partial charge is 0.316 e. The van der Waals surface area contributed by atoms with Gasteiger partial charge in [0, 0.05) is 11.8 Å². The average Bonchev–Trinajstić information content (AvgIpc) is 2.01. The molecule has 0 aliphatic rings. The fraction of sp³-hybridized carbons (Fsp3) is 0.300. The Balaban J connectivity index is 0.00000196. The normalized spacial score (nSPS) is 10.3. The molecule has 0 aliphatic carbocycles. The second-order valence-corrected chi connectivity index (χ2v) is 4.05. The van der Waals surface area contributed by atoms with Crippen molar-refractivity contribution in [2.75, 3.05) is 26.5 Å². The number of primary amides is 1. The molecule has 0 atom stereocenters. The van der Waals surface area contributed by atoms with Gasteiger partial charge in [-0.05, 0) is 12.1 Å². The highest BCUT2D eigenvalue weighted by molar-refractivity contribution is 5.88. The Morgan fingerprint density at radius 1 is 1.33 bits per heavy atom. The van der Waals surface area contributed by atoms with Gasteiger partial charge in [-0.2, -0.15) is 0 Å². The van der Waals surface area contributed by atoms with E-state index in [1.807, 2.05) is 24.3 Å². The van der Waals surface area contributed by atoms with Crippen LogP contribution in [-0.4, -0.2) is 27.2 Å². The van der Waals surface area contributed by atoms with Crippen molar-refractivity contribution in [1.82, 2.24) is 4.48 Å². The van der Waals surface area contributed by atoms with Crippen molar-refractivity contribution in [3.05, 3.63) is 24.3 Å². The summed E-state index contributed by atoms with van der Waals surface area (Å²) in [6.07, 6.45) is 0. The van der Waals surface area contributed by atoms with Gasteiger partial charge in [-0.25, -0.2) is 4.79 Å². The van der Waals surface area contributed by atoms with Crippen LogP contribution in [0.15, 0.2) is 24.3 Å². The van der Waals surface area contributed by atoms with Gasteiger partial charge in [-0.1, -0.05) is 6.07 Å². The lowest BCUT2D eigenvalue weighted by atomic mass is 10.2. The predicted molar refractivity (Wildman–Crippen MR) is 59.2 cm³/mol. The molecule has 4 nitrogen and oxygen atoms in total. The number of rotatable bonds is 2. The SMILES string of the molecule is C[N+](C)(C)c1cccc(NC(N)=O)c1.[I-]. The lowest BCUT2D eigenvalue weighted by Gasteiger charge is -2.23. The van der Waals surface area contributed by atoms with Crippen LogP contribution in [0, 0.1) is 0 Å². The lowest BCUT2D eigenvalue weighted by molar-refractivity contribution is -0.00000641. The molecule has 0 unspecified atom stereocenters. The number of hydrogen-bond acceptors (Lipinski definition) is 1. The van der Waals surface area contributed by atoms with Crippen LogP contribution in [0.1, 0.15) is 0 Å². The van der Waals surface area contributed by atoms with Crippen LogP contribution in [0.3, 0.4) is 0 Å². The minimum absolute atomic E-state index is 0. The standard InChI is InChI=1S/C10H15N3O.HI/c1-13(2,3)9-6-4-5-8(7-9)12-10(11)14;/h4-7H,1-3H3,(H2-,11,12,14);1H. The molecule has 0 fully saturated rings. The van der Waals surface area contributed by atoms with Crippen LogP contribution >= 0.6 is 0 Å². The summed E-state index contributed by atoms with van der Waals surface area (Å²) in [5.74, 6) is 0. The highest BCUT2D eigenvalue weighted by Crippen LogP contribution is 2.20. The van der Waals surface area contributed by atoms with E-state index in [9.17, 15) is 4.79 Å². The highest BCUT2D eigenvalue weighted by atomic mass is 127. The molecule has 1 aromatic rings. The summed E-state index contributed by atoms with van der Waals surface area (Å²) in [4.78, 5) is 10.6. The van der Waals surface area contributed by atoms with Gasteiger partial charge in [0.25, 0.3) is 0 Å². The lowest BCUT2D eigenvalue weighted by Crippen LogP contribution is -3.00. The molecule has 0 saturated carbocycles. The molecule has 84 valence electrons. The first kappa shape index (κ1) is 14.2. The summed E-state index contributed by atoms with van der Waals surface area (Å²) in [5, 5.41) is 2.55. The molecule has 0 saturated heterocycles. The molecule has 15 heavy (non-hydrogen) atoms. The zero-order chi connectivity index (χ0) is 10.8.